The Kier molecular flexibility index (Phi) is 3.92. The number of aromatic nitrogens is 4. The highest BCUT2D eigenvalue weighted by atomic mass is 16.5. The molecule has 3 aromatic rings. The van der Waals surface area contributed by atoms with E-state index in [-0.39, 0.29) is 11.9 Å². The van der Waals surface area contributed by atoms with E-state index < -0.39 is 0 Å². The molecule has 4 heterocycles. The van der Waals surface area contributed by atoms with Gasteiger partial charge >= 0.3 is 0 Å². The molecule has 122 valence electrons. The van der Waals surface area contributed by atoms with Gasteiger partial charge in [-0.25, -0.2) is 9.50 Å². The van der Waals surface area contributed by atoms with Crippen molar-refractivity contribution >= 4 is 11.6 Å². The Balaban J connectivity index is 1.50. The lowest BCUT2D eigenvalue weighted by Crippen LogP contribution is -2.39. The van der Waals surface area contributed by atoms with Gasteiger partial charge < -0.3 is 10.1 Å². The number of rotatable bonds is 3. The van der Waals surface area contributed by atoms with Gasteiger partial charge in [0.15, 0.2) is 5.65 Å². The van der Waals surface area contributed by atoms with E-state index in [9.17, 15) is 4.79 Å². The molecule has 0 atom stereocenters. The van der Waals surface area contributed by atoms with Gasteiger partial charge in [0, 0.05) is 55.0 Å². The van der Waals surface area contributed by atoms with E-state index in [0.717, 1.165) is 29.6 Å². The number of amides is 1. The first-order chi connectivity index (χ1) is 11.8. The summed E-state index contributed by atoms with van der Waals surface area (Å²) in [5, 5.41) is 7.18. The molecule has 24 heavy (non-hydrogen) atoms. The average Bonchev–Trinajstić information content (AvgIpc) is 3.10. The van der Waals surface area contributed by atoms with E-state index in [2.05, 4.69) is 20.4 Å². The van der Waals surface area contributed by atoms with Crippen LogP contribution in [0.25, 0.3) is 16.8 Å². The maximum absolute atomic E-state index is 12.3. The number of hydrogen-bond donors (Lipinski definition) is 1. The van der Waals surface area contributed by atoms with E-state index >= 15 is 0 Å². The number of fused-ring (bicyclic) bond motifs is 1. The smallest absolute Gasteiger partial charge is 0.270 e. The molecule has 1 N–H and O–H groups in total. The normalized spacial score (nSPS) is 15.5. The highest BCUT2D eigenvalue weighted by molar-refractivity contribution is 5.92. The van der Waals surface area contributed by atoms with Crippen molar-refractivity contribution in [1.82, 2.24) is 24.9 Å². The van der Waals surface area contributed by atoms with Gasteiger partial charge in [-0.2, -0.15) is 5.10 Å². The number of nitrogens with one attached hydrogen (secondary N) is 1. The van der Waals surface area contributed by atoms with Crippen molar-refractivity contribution in [2.75, 3.05) is 13.2 Å². The van der Waals surface area contributed by atoms with E-state index in [1.807, 2.05) is 18.3 Å². The summed E-state index contributed by atoms with van der Waals surface area (Å²) in [6.45, 7) is 1.39. The molecule has 0 radical (unpaired) electrons. The van der Waals surface area contributed by atoms with Crippen LogP contribution in [0.4, 0.5) is 0 Å². The van der Waals surface area contributed by atoms with Gasteiger partial charge in [-0.05, 0) is 18.9 Å². The monoisotopic (exact) mass is 323 g/mol. The molecule has 3 aromatic heterocycles. The molecule has 1 aliphatic rings. The number of pyridine rings is 1. The van der Waals surface area contributed by atoms with Crippen LogP contribution in [0.1, 0.15) is 23.3 Å². The second-order valence-corrected chi connectivity index (χ2v) is 5.77. The molecule has 0 unspecified atom stereocenters. The molecule has 1 fully saturated rings. The van der Waals surface area contributed by atoms with Crippen LogP contribution in [0.2, 0.25) is 0 Å². The SMILES string of the molecule is O=C(NC1CCOCC1)c1ccc(-c2cnc3ccnn3c2)cn1. The van der Waals surface area contributed by atoms with Crippen LogP contribution in [0, 0.1) is 0 Å². The van der Waals surface area contributed by atoms with Crippen LogP contribution >= 0.6 is 0 Å². The summed E-state index contributed by atoms with van der Waals surface area (Å²) in [4.78, 5) is 20.9. The highest BCUT2D eigenvalue weighted by Crippen LogP contribution is 2.18. The van der Waals surface area contributed by atoms with Crippen molar-refractivity contribution in [3.8, 4) is 11.1 Å². The molecule has 0 spiro atoms. The zero-order chi connectivity index (χ0) is 16.4. The van der Waals surface area contributed by atoms with Crippen molar-refractivity contribution < 1.29 is 9.53 Å². The molecular weight excluding hydrogens is 306 g/mol. The quantitative estimate of drug-likeness (QED) is 0.793. The number of hydrogen-bond acceptors (Lipinski definition) is 5. The first-order valence-corrected chi connectivity index (χ1v) is 7.94. The lowest BCUT2D eigenvalue weighted by molar-refractivity contribution is 0.0694. The van der Waals surface area contributed by atoms with Crippen LogP contribution < -0.4 is 5.32 Å². The maximum Gasteiger partial charge on any atom is 0.270 e. The maximum atomic E-state index is 12.3. The molecule has 7 nitrogen and oxygen atoms in total. The third-order valence-electron chi connectivity index (χ3n) is 4.13. The molecular formula is C17H17N5O2. The molecule has 4 rings (SSSR count). The minimum absolute atomic E-state index is 0.144. The topological polar surface area (TPSA) is 81.4 Å². The fourth-order valence-electron chi connectivity index (χ4n) is 2.76. The number of ether oxygens (including phenoxy) is 1. The summed E-state index contributed by atoms with van der Waals surface area (Å²) < 4.78 is 7.01. The van der Waals surface area contributed by atoms with Crippen molar-refractivity contribution in [2.24, 2.45) is 0 Å². The average molecular weight is 323 g/mol. The van der Waals surface area contributed by atoms with Crippen molar-refractivity contribution in [1.29, 1.82) is 0 Å². The molecule has 7 heteroatoms. The minimum atomic E-state index is -0.144. The van der Waals surface area contributed by atoms with Crippen molar-refractivity contribution in [2.45, 2.75) is 18.9 Å². The summed E-state index contributed by atoms with van der Waals surface area (Å²) in [6, 6.07) is 5.61. The van der Waals surface area contributed by atoms with E-state index in [1.165, 1.54) is 0 Å². The van der Waals surface area contributed by atoms with Crippen LogP contribution in [-0.4, -0.2) is 44.7 Å². The fraction of sp³-hybridized carbons (Fsp3) is 0.294. The fourth-order valence-corrected chi connectivity index (χ4v) is 2.76. The zero-order valence-electron chi connectivity index (χ0n) is 13.1. The number of carbonyl (C=O) groups excluding carboxylic acids is 1. The van der Waals surface area contributed by atoms with Gasteiger partial charge in [0.2, 0.25) is 0 Å². The van der Waals surface area contributed by atoms with Gasteiger partial charge in [0.1, 0.15) is 5.69 Å². The predicted molar refractivity (Wildman–Crippen MR) is 87.5 cm³/mol. The lowest BCUT2D eigenvalue weighted by atomic mass is 10.1. The Bertz CT molecular complexity index is 853. The van der Waals surface area contributed by atoms with Crippen LogP contribution in [-0.2, 0) is 4.74 Å². The molecule has 0 saturated carbocycles. The molecule has 1 amide bonds. The summed E-state index contributed by atoms with van der Waals surface area (Å²) >= 11 is 0. The number of carbonyl (C=O) groups is 1. The predicted octanol–water partition coefficient (Wildman–Crippen LogP) is 1.70. The van der Waals surface area contributed by atoms with Gasteiger partial charge in [-0.3, -0.25) is 9.78 Å². The molecule has 1 aliphatic heterocycles. The summed E-state index contributed by atoms with van der Waals surface area (Å²) in [6.07, 6.45) is 8.75. The first kappa shape index (κ1) is 14.8. The summed E-state index contributed by atoms with van der Waals surface area (Å²) in [7, 11) is 0. The lowest BCUT2D eigenvalue weighted by Gasteiger charge is -2.22. The first-order valence-electron chi connectivity index (χ1n) is 7.94. The van der Waals surface area contributed by atoms with E-state index in [1.54, 1.807) is 29.2 Å². The largest absolute Gasteiger partial charge is 0.381 e. The van der Waals surface area contributed by atoms with Gasteiger partial charge in [0.05, 0.1) is 6.20 Å². The second-order valence-electron chi connectivity index (χ2n) is 5.77. The number of nitrogens with zero attached hydrogens (tertiary/aromatic N) is 4. The van der Waals surface area contributed by atoms with Crippen LogP contribution in [0.15, 0.2) is 43.0 Å². The van der Waals surface area contributed by atoms with Crippen LogP contribution in [0.5, 0.6) is 0 Å². The summed E-state index contributed by atoms with van der Waals surface area (Å²) in [5.41, 5.74) is 3.00. The second kappa shape index (κ2) is 6.37. The highest BCUT2D eigenvalue weighted by Gasteiger charge is 2.17. The third kappa shape index (κ3) is 2.98. The van der Waals surface area contributed by atoms with Gasteiger partial charge in [0.25, 0.3) is 5.91 Å². The van der Waals surface area contributed by atoms with Gasteiger partial charge in [-0.1, -0.05) is 6.07 Å². The molecule has 1 saturated heterocycles. The Hall–Kier alpha value is -2.80. The van der Waals surface area contributed by atoms with Crippen LogP contribution in [0.3, 0.4) is 0 Å². The van der Waals surface area contributed by atoms with E-state index in [4.69, 9.17) is 4.74 Å². The van der Waals surface area contributed by atoms with E-state index in [0.29, 0.717) is 18.9 Å². The Morgan fingerprint density at radius 2 is 1.96 bits per heavy atom. The Morgan fingerprint density at radius 1 is 1.12 bits per heavy atom. The Labute approximate surface area is 138 Å². The standard InChI is InChI=1S/C17H17N5O2/c23-17(21-14-4-7-24-8-5-14)15-2-1-12(9-18-15)13-10-19-16-3-6-20-22(16)11-13/h1-3,6,9-11,14H,4-5,7-8H2,(H,21,23). The molecule has 0 aliphatic carbocycles. The minimum Gasteiger partial charge on any atom is -0.381 e. The summed E-state index contributed by atoms with van der Waals surface area (Å²) in [5.74, 6) is -0.144. The van der Waals surface area contributed by atoms with Gasteiger partial charge in [-0.15, -0.1) is 0 Å². The molecule has 0 bridgehead atoms. The molecule has 0 aromatic carbocycles. The third-order valence-corrected chi connectivity index (χ3v) is 4.13. The zero-order valence-corrected chi connectivity index (χ0v) is 13.1. The van der Waals surface area contributed by atoms with Crippen molar-refractivity contribution in [3.05, 3.63) is 48.7 Å². The van der Waals surface area contributed by atoms with Crippen molar-refractivity contribution in [3.63, 3.8) is 0 Å². The Morgan fingerprint density at radius 3 is 2.75 bits per heavy atom.